The summed E-state index contributed by atoms with van der Waals surface area (Å²) in [5.74, 6) is -1.83. The van der Waals surface area contributed by atoms with Gasteiger partial charge < -0.3 is 10.0 Å². The average molecular weight is 336 g/mol. The molecule has 1 saturated carbocycles. The number of benzene rings is 1. The van der Waals surface area contributed by atoms with E-state index in [4.69, 9.17) is 16.7 Å². The SMILES string of the molecule is CN(C(=O)/C=C\C(=O)O)[C@]1(c2ccccc2Cl)CCCCC1=O. The van der Waals surface area contributed by atoms with Crippen molar-refractivity contribution in [2.24, 2.45) is 0 Å². The minimum Gasteiger partial charge on any atom is -0.478 e. The number of carbonyl (C=O) groups is 3. The molecule has 23 heavy (non-hydrogen) atoms. The molecular weight excluding hydrogens is 318 g/mol. The first-order valence-corrected chi connectivity index (χ1v) is 7.74. The van der Waals surface area contributed by atoms with Crippen LogP contribution < -0.4 is 0 Å². The van der Waals surface area contributed by atoms with Gasteiger partial charge in [0.2, 0.25) is 5.91 Å². The molecule has 0 spiro atoms. The van der Waals surface area contributed by atoms with E-state index in [9.17, 15) is 14.4 Å². The van der Waals surface area contributed by atoms with Gasteiger partial charge in [-0.25, -0.2) is 4.79 Å². The summed E-state index contributed by atoms with van der Waals surface area (Å²) in [4.78, 5) is 37.1. The van der Waals surface area contributed by atoms with Crippen LogP contribution >= 0.6 is 11.6 Å². The first kappa shape index (κ1) is 17.2. The monoisotopic (exact) mass is 335 g/mol. The molecule has 1 aliphatic carbocycles. The van der Waals surface area contributed by atoms with Crippen LogP contribution in [0.3, 0.4) is 0 Å². The van der Waals surface area contributed by atoms with E-state index in [-0.39, 0.29) is 5.78 Å². The van der Waals surface area contributed by atoms with E-state index in [1.807, 2.05) is 0 Å². The van der Waals surface area contributed by atoms with E-state index >= 15 is 0 Å². The number of rotatable bonds is 4. The van der Waals surface area contributed by atoms with Crippen LogP contribution in [0, 0.1) is 0 Å². The Bertz CT molecular complexity index is 670. The standard InChI is InChI=1S/C17H18ClNO4/c1-19(15(21)9-10-16(22)23)17(11-5-4-8-14(17)20)12-6-2-3-7-13(12)18/h2-3,6-7,9-10H,4-5,8,11H2,1H3,(H,22,23)/b10-9-/t17-/m0/s1. The molecule has 1 amide bonds. The van der Waals surface area contributed by atoms with Gasteiger partial charge in [-0.05, 0) is 25.3 Å². The second-order valence-electron chi connectivity index (χ2n) is 5.54. The van der Waals surface area contributed by atoms with Crippen LogP contribution in [0.15, 0.2) is 36.4 Å². The number of likely N-dealkylation sites (N-methyl/N-ethyl adjacent to an activating group) is 1. The van der Waals surface area contributed by atoms with Crippen molar-refractivity contribution < 1.29 is 19.5 Å². The summed E-state index contributed by atoms with van der Waals surface area (Å²) < 4.78 is 0. The molecule has 0 radical (unpaired) electrons. The number of aliphatic carboxylic acids is 1. The Kier molecular flexibility index (Phi) is 5.21. The van der Waals surface area contributed by atoms with Crippen LogP contribution in [0.5, 0.6) is 0 Å². The maximum atomic E-state index is 12.8. The number of carboxylic acids is 1. The minimum absolute atomic E-state index is 0.0728. The Morgan fingerprint density at radius 1 is 1.26 bits per heavy atom. The summed E-state index contributed by atoms with van der Waals surface area (Å²) >= 11 is 6.29. The molecule has 0 unspecified atom stereocenters. The highest BCUT2D eigenvalue weighted by Gasteiger charge is 2.47. The number of Topliss-reactive ketones (excluding diaryl/α,β-unsaturated/α-hetero) is 1. The van der Waals surface area contributed by atoms with Crippen molar-refractivity contribution in [1.29, 1.82) is 0 Å². The van der Waals surface area contributed by atoms with Crippen LogP contribution in [0.4, 0.5) is 0 Å². The molecule has 0 saturated heterocycles. The van der Waals surface area contributed by atoms with Gasteiger partial charge in [-0.3, -0.25) is 9.59 Å². The fourth-order valence-corrected chi connectivity index (χ4v) is 3.36. The lowest BCUT2D eigenvalue weighted by Gasteiger charge is -2.43. The number of carboxylic acid groups (broad SMARTS) is 1. The maximum absolute atomic E-state index is 12.8. The number of halogens is 1. The molecule has 2 rings (SSSR count). The number of amides is 1. The quantitative estimate of drug-likeness (QED) is 0.858. The van der Waals surface area contributed by atoms with Crippen LogP contribution in [0.1, 0.15) is 31.2 Å². The molecule has 1 atom stereocenters. The van der Waals surface area contributed by atoms with Gasteiger partial charge in [-0.15, -0.1) is 0 Å². The number of hydrogen-bond acceptors (Lipinski definition) is 3. The van der Waals surface area contributed by atoms with E-state index in [1.165, 1.54) is 11.9 Å². The Labute approximate surface area is 139 Å². The lowest BCUT2D eigenvalue weighted by molar-refractivity contribution is -0.145. The van der Waals surface area contributed by atoms with Crippen LogP contribution in [0.25, 0.3) is 0 Å². The largest absolute Gasteiger partial charge is 0.478 e. The summed E-state index contributed by atoms with van der Waals surface area (Å²) in [5.41, 5.74) is -0.554. The molecule has 5 nitrogen and oxygen atoms in total. The predicted molar refractivity (Wildman–Crippen MR) is 86.2 cm³/mol. The molecule has 0 aromatic heterocycles. The Balaban J connectivity index is 2.51. The van der Waals surface area contributed by atoms with E-state index in [0.717, 1.165) is 25.0 Å². The van der Waals surface area contributed by atoms with Gasteiger partial charge in [-0.2, -0.15) is 0 Å². The van der Waals surface area contributed by atoms with Gasteiger partial charge in [0, 0.05) is 36.2 Å². The first-order valence-electron chi connectivity index (χ1n) is 7.36. The van der Waals surface area contributed by atoms with Gasteiger partial charge >= 0.3 is 5.97 Å². The zero-order valence-electron chi connectivity index (χ0n) is 12.8. The highest BCUT2D eigenvalue weighted by atomic mass is 35.5. The predicted octanol–water partition coefficient (Wildman–Crippen LogP) is 2.78. The molecule has 1 fully saturated rings. The molecule has 0 aliphatic heterocycles. The fraction of sp³-hybridized carbons (Fsp3) is 0.353. The van der Waals surface area contributed by atoms with Crippen molar-refractivity contribution in [2.75, 3.05) is 7.05 Å². The van der Waals surface area contributed by atoms with Gasteiger partial charge in [-0.1, -0.05) is 29.8 Å². The highest BCUT2D eigenvalue weighted by molar-refractivity contribution is 6.31. The minimum atomic E-state index is -1.21. The van der Waals surface area contributed by atoms with Gasteiger partial charge in [0.25, 0.3) is 0 Å². The average Bonchev–Trinajstić information content (AvgIpc) is 2.53. The first-order chi connectivity index (χ1) is 10.9. The van der Waals surface area contributed by atoms with Crippen LogP contribution in [-0.4, -0.2) is 34.7 Å². The molecular formula is C17H18ClNO4. The Morgan fingerprint density at radius 3 is 2.57 bits per heavy atom. The van der Waals surface area contributed by atoms with E-state index in [2.05, 4.69) is 0 Å². The lowest BCUT2D eigenvalue weighted by Crippen LogP contribution is -2.54. The zero-order chi connectivity index (χ0) is 17.0. The van der Waals surface area contributed by atoms with E-state index in [0.29, 0.717) is 23.4 Å². The van der Waals surface area contributed by atoms with Crippen LogP contribution in [0.2, 0.25) is 5.02 Å². The zero-order valence-corrected chi connectivity index (χ0v) is 13.5. The smallest absolute Gasteiger partial charge is 0.328 e. The molecule has 122 valence electrons. The molecule has 1 N–H and O–H groups in total. The molecule has 1 aromatic carbocycles. The summed E-state index contributed by atoms with van der Waals surface area (Å²) in [7, 11) is 1.51. The lowest BCUT2D eigenvalue weighted by atomic mass is 9.74. The van der Waals surface area contributed by atoms with Gasteiger partial charge in [0.15, 0.2) is 5.78 Å². The summed E-state index contributed by atoms with van der Waals surface area (Å²) in [6.07, 6.45) is 4.13. The number of nitrogens with zero attached hydrogens (tertiary/aromatic N) is 1. The van der Waals surface area contributed by atoms with Crippen LogP contribution in [-0.2, 0) is 19.9 Å². The molecule has 1 aliphatic rings. The van der Waals surface area contributed by atoms with Crippen molar-refractivity contribution >= 4 is 29.3 Å². The highest BCUT2D eigenvalue weighted by Crippen LogP contribution is 2.42. The normalized spacial score (nSPS) is 21.4. The summed E-state index contributed by atoms with van der Waals surface area (Å²) in [5, 5.41) is 9.11. The van der Waals surface area contributed by atoms with Crippen molar-refractivity contribution in [3.8, 4) is 0 Å². The van der Waals surface area contributed by atoms with Crippen molar-refractivity contribution in [2.45, 2.75) is 31.2 Å². The summed E-state index contributed by atoms with van der Waals surface area (Å²) in [6, 6.07) is 6.97. The topological polar surface area (TPSA) is 74.7 Å². The third kappa shape index (κ3) is 3.29. The number of carbonyl (C=O) groups excluding carboxylic acids is 2. The fourth-order valence-electron chi connectivity index (χ4n) is 3.07. The molecule has 1 aromatic rings. The molecule has 0 bridgehead atoms. The van der Waals surface area contributed by atoms with Crippen molar-refractivity contribution in [3.05, 3.63) is 47.0 Å². The maximum Gasteiger partial charge on any atom is 0.328 e. The second-order valence-corrected chi connectivity index (χ2v) is 5.95. The van der Waals surface area contributed by atoms with Gasteiger partial charge in [0.05, 0.1) is 0 Å². The van der Waals surface area contributed by atoms with Crippen molar-refractivity contribution in [3.63, 3.8) is 0 Å². The van der Waals surface area contributed by atoms with E-state index in [1.54, 1.807) is 24.3 Å². The Morgan fingerprint density at radius 2 is 1.96 bits per heavy atom. The van der Waals surface area contributed by atoms with Gasteiger partial charge in [0.1, 0.15) is 5.54 Å². The van der Waals surface area contributed by atoms with E-state index < -0.39 is 17.4 Å². The molecule has 6 heteroatoms. The van der Waals surface area contributed by atoms with Crippen molar-refractivity contribution in [1.82, 2.24) is 4.90 Å². The second kappa shape index (κ2) is 6.96. The third-order valence-corrected chi connectivity index (χ3v) is 4.57. The molecule has 0 heterocycles. The number of hydrogen-bond donors (Lipinski definition) is 1. The summed E-state index contributed by atoms with van der Waals surface area (Å²) in [6.45, 7) is 0. The third-order valence-electron chi connectivity index (χ3n) is 4.24. The number of ketones is 1. The Hall–Kier alpha value is -2.14.